The Morgan fingerprint density at radius 3 is 2.54 bits per heavy atom. The van der Waals surface area contributed by atoms with Crippen molar-refractivity contribution in [2.24, 2.45) is 0 Å². The van der Waals surface area contributed by atoms with Crippen molar-refractivity contribution in [2.45, 2.75) is 13.0 Å². The maximum atomic E-state index is 11.9. The molecule has 0 spiro atoms. The van der Waals surface area contributed by atoms with Crippen LogP contribution >= 0.6 is 11.6 Å². The number of anilines is 2. The minimum atomic E-state index is -0.937. The van der Waals surface area contributed by atoms with Gasteiger partial charge in [-0.3, -0.25) is 4.79 Å². The average Bonchev–Trinajstić information content (AvgIpc) is 2.62. The van der Waals surface area contributed by atoms with Crippen molar-refractivity contribution in [3.05, 3.63) is 53.8 Å². The molecule has 0 bridgehead atoms. The number of nitrogens with zero attached hydrogens (tertiary/aromatic N) is 1. The lowest BCUT2D eigenvalue weighted by molar-refractivity contribution is -0.148. The van der Waals surface area contributed by atoms with Crippen molar-refractivity contribution in [1.29, 1.82) is 0 Å². The Morgan fingerprint density at radius 1 is 1.12 bits per heavy atom. The number of urea groups is 1. The second-order valence-electron chi connectivity index (χ2n) is 5.18. The third-order valence-electron chi connectivity index (χ3n) is 3.11. The summed E-state index contributed by atoms with van der Waals surface area (Å²) in [6.07, 6.45) is 1.48. The van der Waals surface area contributed by atoms with Crippen molar-refractivity contribution in [1.82, 2.24) is 10.3 Å². The van der Waals surface area contributed by atoms with E-state index in [1.165, 1.54) is 13.1 Å². The van der Waals surface area contributed by atoms with E-state index in [0.29, 0.717) is 11.4 Å². The fourth-order valence-electron chi connectivity index (χ4n) is 1.87. The van der Waals surface area contributed by atoms with Gasteiger partial charge in [0.15, 0.2) is 11.8 Å². The Kier molecular flexibility index (Phi) is 6.92. The zero-order chi connectivity index (χ0) is 18.9. The number of amides is 3. The molecule has 9 heteroatoms. The molecule has 0 aliphatic rings. The second kappa shape index (κ2) is 9.38. The van der Waals surface area contributed by atoms with Gasteiger partial charge < -0.3 is 20.7 Å². The van der Waals surface area contributed by atoms with E-state index in [1.54, 1.807) is 36.4 Å². The number of para-hydroxylation sites is 1. The highest BCUT2D eigenvalue weighted by Gasteiger charge is 2.18. The van der Waals surface area contributed by atoms with Crippen LogP contribution in [0.1, 0.15) is 6.92 Å². The summed E-state index contributed by atoms with van der Waals surface area (Å²) < 4.78 is 4.87. The average molecular weight is 377 g/mol. The fraction of sp³-hybridized carbons (Fsp3) is 0.176. The van der Waals surface area contributed by atoms with Gasteiger partial charge in [0, 0.05) is 11.9 Å². The number of hydrogen-bond acceptors (Lipinski definition) is 5. The molecule has 0 fully saturated rings. The van der Waals surface area contributed by atoms with Gasteiger partial charge in [-0.05, 0) is 31.2 Å². The molecular formula is C17H17ClN4O4. The topological polar surface area (TPSA) is 109 Å². The highest BCUT2D eigenvalue weighted by molar-refractivity contribution is 6.32. The van der Waals surface area contributed by atoms with E-state index in [0.717, 1.165) is 0 Å². The minimum Gasteiger partial charge on any atom is -0.454 e. The van der Waals surface area contributed by atoms with E-state index >= 15 is 0 Å². The van der Waals surface area contributed by atoms with Crippen LogP contribution in [0.5, 0.6) is 0 Å². The summed E-state index contributed by atoms with van der Waals surface area (Å²) in [6, 6.07) is 10.4. The zero-order valence-corrected chi connectivity index (χ0v) is 14.6. The van der Waals surface area contributed by atoms with Crippen molar-refractivity contribution < 1.29 is 19.1 Å². The first-order valence-electron chi connectivity index (χ1n) is 7.65. The van der Waals surface area contributed by atoms with Gasteiger partial charge in [-0.2, -0.15) is 0 Å². The number of hydrogen-bond donors (Lipinski definition) is 3. The summed E-state index contributed by atoms with van der Waals surface area (Å²) in [6.45, 7) is 0.930. The molecule has 0 radical (unpaired) electrons. The number of esters is 1. The minimum absolute atomic E-state index is 0.125. The molecule has 3 amide bonds. The number of aromatic nitrogens is 1. The van der Waals surface area contributed by atoms with Gasteiger partial charge in [0.2, 0.25) is 0 Å². The molecule has 0 saturated heterocycles. The molecule has 1 heterocycles. The number of rotatable bonds is 6. The van der Waals surface area contributed by atoms with Crippen LogP contribution < -0.4 is 16.0 Å². The van der Waals surface area contributed by atoms with Crippen LogP contribution in [0.2, 0.25) is 5.15 Å². The second-order valence-corrected chi connectivity index (χ2v) is 5.54. The number of nitrogens with one attached hydrogen (secondary N) is 3. The molecule has 2 rings (SSSR count). The van der Waals surface area contributed by atoms with E-state index < -0.39 is 30.6 Å². The third-order valence-corrected chi connectivity index (χ3v) is 3.41. The number of ether oxygens (including phenoxy) is 1. The third kappa shape index (κ3) is 6.06. The van der Waals surface area contributed by atoms with Crippen molar-refractivity contribution in [3.8, 4) is 0 Å². The van der Waals surface area contributed by atoms with Gasteiger partial charge in [-0.15, -0.1) is 0 Å². The highest BCUT2D eigenvalue weighted by Crippen LogP contribution is 2.17. The number of pyridine rings is 1. The molecule has 2 aromatic rings. The highest BCUT2D eigenvalue weighted by atomic mass is 35.5. The smallest absolute Gasteiger partial charge is 0.328 e. The van der Waals surface area contributed by atoms with Gasteiger partial charge in [0.05, 0.1) is 5.69 Å². The number of benzene rings is 1. The molecule has 1 aromatic heterocycles. The maximum absolute atomic E-state index is 11.9. The molecule has 0 aliphatic carbocycles. The molecular weight excluding hydrogens is 360 g/mol. The van der Waals surface area contributed by atoms with E-state index in [2.05, 4.69) is 20.9 Å². The Bertz CT molecular complexity index is 785. The first-order chi connectivity index (χ1) is 12.5. The molecule has 0 saturated carbocycles. The molecule has 1 atom stereocenters. The standard InChI is InChI=1S/C17H17ClN4O4/c1-11(20-17(25)21-12-6-3-2-4-7-12)16(24)26-10-14(23)22-13-8-5-9-19-15(13)18/h2-9,11H,10H2,1H3,(H,22,23)(H2,20,21,25)/t11-/m0/s1. The number of carbonyl (C=O) groups excluding carboxylic acids is 3. The number of halogens is 1. The SMILES string of the molecule is C[C@H](NC(=O)Nc1ccccc1)C(=O)OCC(=O)Nc1cccnc1Cl. The molecule has 3 N–H and O–H groups in total. The summed E-state index contributed by atoms with van der Waals surface area (Å²) in [5.41, 5.74) is 0.891. The normalized spacial score (nSPS) is 11.2. The van der Waals surface area contributed by atoms with Crippen LogP contribution in [0.3, 0.4) is 0 Å². The van der Waals surface area contributed by atoms with Gasteiger partial charge in [0.1, 0.15) is 6.04 Å². The molecule has 136 valence electrons. The molecule has 0 unspecified atom stereocenters. The lowest BCUT2D eigenvalue weighted by Gasteiger charge is -2.14. The molecule has 26 heavy (non-hydrogen) atoms. The summed E-state index contributed by atoms with van der Waals surface area (Å²) in [4.78, 5) is 39.3. The van der Waals surface area contributed by atoms with Crippen molar-refractivity contribution >= 4 is 40.9 Å². The van der Waals surface area contributed by atoms with Crippen molar-refractivity contribution in [2.75, 3.05) is 17.2 Å². The maximum Gasteiger partial charge on any atom is 0.328 e. The lowest BCUT2D eigenvalue weighted by Crippen LogP contribution is -2.42. The predicted octanol–water partition coefficient (Wildman–Crippen LogP) is 2.43. The van der Waals surface area contributed by atoms with Gasteiger partial charge in [-0.25, -0.2) is 14.6 Å². The van der Waals surface area contributed by atoms with Crippen LogP contribution in [-0.2, 0) is 14.3 Å². The van der Waals surface area contributed by atoms with Gasteiger partial charge >= 0.3 is 12.0 Å². The number of carbonyl (C=O) groups is 3. The van der Waals surface area contributed by atoms with E-state index in [-0.39, 0.29) is 5.15 Å². The predicted molar refractivity (Wildman–Crippen MR) is 96.9 cm³/mol. The fourth-order valence-corrected chi connectivity index (χ4v) is 2.04. The van der Waals surface area contributed by atoms with E-state index in [9.17, 15) is 14.4 Å². The first kappa shape index (κ1) is 19.2. The lowest BCUT2D eigenvalue weighted by atomic mass is 10.3. The Morgan fingerprint density at radius 2 is 1.85 bits per heavy atom. The van der Waals surface area contributed by atoms with Gasteiger partial charge in [-0.1, -0.05) is 29.8 Å². The van der Waals surface area contributed by atoms with E-state index in [1.807, 2.05) is 6.07 Å². The van der Waals surface area contributed by atoms with Crippen molar-refractivity contribution in [3.63, 3.8) is 0 Å². The Balaban J connectivity index is 1.75. The van der Waals surface area contributed by atoms with E-state index in [4.69, 9.17) is 16.3 Å². The van der Waals surface area contributed by atoms with Crippen LogP contribution in [-0.4, -0.2) is 35.5 Å². The first-order valence-corrected chi connectivity index (χ1v) is 8.03. The largest absolute Gasteiger partial charge is 0.454 e. The van der Waals surface area contributed by atoms with Crippen LogP contribution in [0.4, 0.5) is 16.2 Å². The zero-order valence-electron chi connectivity index (χ0n) is 13.9. The Hall–Kier alpha value is -3.13. The summed E-state index contributed by atoms with van der Waals surface area (Å²) in [7, 11) is 0. The Labute approximate surface area is 154 Å². The van der Waals surface area contributed by atoms with Crippen LogP contribution in [0.25, 0.3) is 0 Å². The monoisotopic (exact) mass is 376 g/mol. The molecule has 1 aromatic carbocycles. The molecule has 0 aliphatic heterocycles. The summed E-state index contributed by atoms with van der Waals surface area (Å²) in [5, 5.41) is 7.59. The van der Waals surface area contributed by atoms with Crippen LogP contribution in [0.15, 0.2) is 48.7 Å². The molecule has 8 nitrogen and oxygen atoms in total. The van der Waals surface area contributed by atoms with Gasteiger partial charge in [0.25, 0.3) is 5.91 Å². The quantitative estimate of drug-likeness (QED) is 0.530. The summed E-state index contributed by atoms with van der Waals surface area (Å²) in [5.74, 6) is -1.32. The van der Waals surface area contributed by atoms with Crippen LogP contribution in [0, 0.1) is 0 Å². The summed E-state index contributed by atoms with van der Waals surface area (Å²) >= 11 is 5.82.